The van der Waals surface area contributed by atoms with Crippen LogP contribution < -0.4 is 0 Å². The molecule has 4 nitrogen and oxygen atoms in total. The first-order valence-corrected chi connectivity index (χ1v) is 9.36. The van der Waals surface area contributed by atoms with Crippen molar-refractivity contribution in [1.29, 1.82) is 0 Å². The van der Waals surface area contributed by atoms with E-state index in [1.807, 2.05) is 12.1 Å². The predicted octanol–water partition coefficient (Wildman–Crippen LogP) is 2.41. The molecule has 0 N–H and O–H groups in total. The van der Waals surface area contributed by atoms with Gasteiger partial charge in [-0.25, -0.2) is 0 Å². The van der Waals surface area contributed by atoms with E-state index in [-0.39, 0.29) is 5.41 Å². The highest BCUT2D eigenvalue weighted by molar-refractivity contribution is 9.10. The zero-order valence-corrected chi connectivity index (χ0v) is 14.9. The van der Waals surface area contributed by atoms with Crippen LogP contribution in [0.1, 0.15) is 24.8 Å². The van der Waals surface area contributed by atoms with Gasteiger partial charge in [0.15, 0.2) is 0 Å². The van der Waals surface area contributed by atoms with Gasteiger partial charge in [-0.3, -0.25) is 9.69 Å². The summed E-state index contributed by atoms with van der Waals surface area (Å²) >= 11 is 3.48. The maximum Gasteiger partial charge on any atom is 0.233 e. The molecule has 3 fully saturated rings. The molecular weight excluding hydrogens is 356 g/mol. The Kier molecular flexibility index (Phi) is 4.20. The lowest BCUT2D eigenvalue weighted by Crippen LogP contribution is -2.46. The van der Waals surface area contributed by atoms with E-state index in [2.05, 4.69) is 37.9 Å². The van der Waals surface area contributed by atoms with Gasteiger partial charge in [-0.1, -0.05) is 28.1 Å². The minimum atomic E-state index is -0.236. The summed E-state index contributed by atoms with van der Waals surface area (Å²) in [5.74, 6) is 0.343. The molecule has 0 bridgehead atoms. The molecule has 1 saturated carbocycles. The highest BCUT2D eigenvalue weighted by Gasteiger charge is 2.53. The number of ether oxygens (including phenoxy) is 1. The topological polar surface area (TPSA) is 32.8 Å². The summed E-state index contributed by atoms with van der Waals surface area (Å²) in [6.07, 6.45) is 3.08. The summed E-state index contributed by atoms with van der Waals surface area (Å²) in [6.45, 7) is 5.45. The molecule has 0 radical (unpaired) electrons. The standard InChI is InChI=1S/C18H23BrN2O2/c19-15-3-1-14(2-4-15)18(6-7-18)17(22)21-8-5-16(13-21)20-9-11-23-12-10-20/h1-4,16H,5-13H2. The molecule has 4 rings (SSSR count). The number of benzene rings is 1. The lowest BCUT2D eigenvalue weighted by atomic mass is 9.94. The van der Waals surface area contributed by atoms with Crippen LogP contribution in [0.15, 0.2) is 28.7 Å². The lowest BCUT2D eigenvalue weighted by molar-refractivity contribution is -0.133. The zero-order valence-electron chi connectivity index (χ0n) is 13.3. The number of morpholine rings is 1. The van der Waals surface area contributed by atoms with Gasteiger partial charge in [0.25, 0.3) is 0 Å². The molecule has 0 aromatic heterocycles. The van der Waals surface area contributed by atoms with Crippen LogP contribution in [0.2, 0.25) is 0 Å². The Labute approximate surface area is 145 Å². The molecule has 2 aliphatic heterocycles. The maximum atomic E-state index is 13.1. The Morgan fingerprint density at radius 3 is 2.48 bits per heavy atom. The van der Waals surface area contributed by atoms with E-state index in [0.717, 1.165) is 63.1 Å². The number of carbonyl (C=O) groups is 1. The van der Waals surface area contributed by atoms with Gasteiger partial charge in [0.1, 0.15) is 0 Å². The number of carbonyl (C=O) groups excluding carboxylic acids is 1. The second-order valence-corrected chi connectivity index (χ2v) is 7.85. The highest BCUT2D eigenvalue weighted by atomic mass is 79.9. The quantitative estimate of drug-likeness (QED) is 0.809. The van der Waals surface area contributed by atoms with Crippen LogP contribution in [0.3, 0.4) is 0 Å². The number of amides is 1. The first-order chi connectivity index (χ1) is 11.2. The van der Waals surface area contributed by atoms with E-state index in [1.165, 1.54) is 5.56 Å². The van der Waals surface area contributed by atoms with E-state index in [9.17, 15) is 4.79 Å². The molecule has 1 aromatic carbocycles. The molecule has 124 valence electrons. The van der Waals surface area contributed by atoms with Crippen LogP contribution >= 0.6 is 15.9 Å². The third-order valence-corrected chi connectivity index (χ3v) is 6.10. The molecular formula is C18H23BrN2O2. The minimum absolute atomic E-state index is 0.236. The summed E-state index contributed by atoms with van der Waals surface area (Å²) in [7, 11) is 0. The molecule has 1 unspecified atom stereocenters. The van der Waals surface area contributed by atoms with Crippen LogP contribution in [0.25, 0.3) is 0 Å². The molecule has 1 aromatic rings. The van der Waals surface area contributed by atoms with Gasteiger partial charge < -0.3 is 9.64 Å². The lowest BCUT2D eigenvalue weighted by Gasteiger charge is -2.32. The number of halogens is 1. The molecule has 1 atom stereocenters. The molecule has 5 heteroatoms. The van der Waals surface area contributed by atoms with Crippen LogP contribution in [0, 0.1) is 0 Å². The van der Waals surface area contributed by atoms with Crippen LogP contribution in [-0.2, 0) is 14.9 Å². The average Bonchev–Trinajstić information content (AvgIpc) is 3.25. The Morgan fingerprint density at radius 2 is 1.83 bits per heavy atom. The van der Waals surface area contributed by atoms with Gasteiger partial charge in [0, 0.05) is 36.7 Å². The fourth-order valence-electron chi connectivity index (χ4n) is 3.99. The predicted molar refractivity (Wildman–Crippen MR) is 92.4 cm³/mol. The molecule has 1 amide bonds. The average molecular weight is 379 g/mol. The first kappa shape index (κ1) is 15.6. The van der Waals surface area contributed by atoms with Crippen LogP contribution in [-0.4, -0.2) is 61.1 Å². The molecule has 3 aliphatic rings. The Hall–Kier alpha value is -0.910. The summed E-state index contributed by atoms with van der Waals surface area (Å²) in [4.78, 5) is 17.7. The summed E-state index contributed by atoms with van der Waals surface area (Å²) in [5, 5.41) is 0. The maximum absolute atomic E-state index is 13.1. The van der Waals surface area contributed by atoms with Crippen LogP contribution in [0.5, 0.6) is 0 Å². The Balaban J connectivity index is 1.44. The monoisotopic (exact) mass is 378 g/mol. The summed E-state index contributed by atoms with van der Waals surface area (Å²) in [5.41, 5.74) is 0.946. The van der Waals surface area contributed by atoms with Crippen molar-refractivity contribution in [2.75, 3.05) is 39.4 Å². The molecule has 1 aliphatic carbocycles. The van der Waals surface area contributed by atoms with Crippen molar-refractivity contribution in [3.05, 3.63) is 34.3 Å². The van der Waals surface area contributed by atoms with Crippen molar-refractivity contribution in [1.82, 2.24) is 9.80 Å². The summed E-state index contributed by atoms with van der Waals surface area (Å²) < 4.78 is 6.51. The van der Waals surface area contributed by atoms with Crippen molar-refractivity contribution in [3.8, 4) is 0 Å². The third-order valence-electron chi connectivity index (χ3n) is 5.57. The molecule has 2 saturated heterocycles. The van der Waals surface area contributed by atoms with Gasteiger partial charge in [0.2, 0.25) is 5.91 Å². The van der Waals surface area contributed by atoms with E-state index in [1.54, 1.807) is 0 Å². The van der Waals surface area contributed by atoms with Gasteiger partial charge in [0.05, 0.1) is 18.6 Å². The summed E-state index contributed by atoms with van der Waals surface area (Å²) in [6, 6.07) is 8.81. The van der Waals surface area contributed by atoms with Crippen molar-refractivity contribution in [3.63, 3.8) is 0 Å². The van der Waals surface area contributed by atoms with Crippen molar-refractivity contribution >= 4 is 21.8 Å². The van der Waals surface area contributed by atoms with Crippen molar-refractivity contribution in [2.24, 2.45) is 0 Å². The molecule has 2 heterocycles. The third kappa shape index (κ3) is 2.94. The fourth-order valence-corrected chi connectivity index (χ4v) is 4.25. The fraction of sp³-hybridized carbons (Fsp3) is 0.611. The first-order valence-electron chi connectivity index (χ1n) is 8.56. The SMILES string of the molecule is O=C(N1CCC(N2CCOCC2)C1)C1(c2ccc(Br)cc2)CC1. The van der Waals surface area contributed by atoms with Gasteiger partial charge in [-0.05, 0) is 37.0 Å². The van der Waals surface area contributed by atoms with E-state index in [0.29, 0.717) is 11.9 Å². The number of likely N-dealkylation sites (tertiary alicyclic amines) is 1. The minimum Gasteiger partial charge on any atom is -0.379 e. The zero-order chi connectivity index (χ0) is 15.9. The number of rotatable bonds is 3. The number of hydrogen-bond acceptors (Lipinski definition) is 3. The Morgan fingerprint density at radius 1 is 1.13 bits per heavy atom. The van der Waals surface area contributed by atoms with Gasteiger partial charge in [-0.15, -0.1) is 0 Å². The second kappa shape index (κ2) is 6.19. The number of hydrogen-bond donors (Lipinski definition) is 0. The second-order valence-electron chi connectivity index (χ2n) is 6.93. The normalized spacial score (nSPS) is 27.2. The number of nitrogens with zero attached hydrogens (tertiary/aromatic N) is 2. The van der Waals surface area contributed by atoms with Gasteiger partial charge >= 0.3 is 0 Å². The molecule has 23 heavy (non-hydrogen) atoms. The Bertz CT molecular complexity index is 579. The van der Waals surface area contributed by atoms with Gasteiger partial charge in [-0.2, -0.15) is 0 Å². The van der Waals surface area contributed by atoms with E-state index in [4.69, 9.17) is 4.74 Å². The highest BCUT2D eigenvalue weighted by Crippen LogP contribution is 2.50. The van der Waals surface area contributed by atoms with Crippen molar-refractivity contribution < 1.29 is 9.53 Å². The van der Waals surface area contributed by atoms with Crippen LogP contribution in [0.4, 0.5) is 0 Å². The van der Waals surface area contributed by atoms with E-state index >= 15 is 0 Å². The smallest absolute Gasteiger partial charge is 0.233 e. The largest absolute Gasteiger partial charge is 0.379 e. The van der Waals surface area contributed by atoms with Crippen molar-refractivity contribution in [2.45, 2.75) is 30.7 Å². The molecule has 0 spiro atoms. The van der Waals surface area contributed by atoms with E-state index < -0.39 is 0 Å².